The summed E-state index contributed by atoms with van der Waals surface area (Å²) in [5, 5.41) is 13.3. The molecule has 31 heavy (non-hydrogen) atoms. The van der Waals surface area contributed by atoms with Gasteiger partial charge in [-0.05, 0) is 55.7 Å². The maximum Gasteiger partial charge on any atom is 0.126 e. The van der Waals surface area contributed by atoms with Crippen LogP contribution in [0.15, 0.2) is 54.6 Å². The van der Waals surface area contributed by atoms with E-state index in [1.54, 1.807) is 7.11 Å². The standard InChI is InChI=1S/C26H32N2O3/c1-26(29,18-27(2)3)21-10-12-24-20(15-21)17-28(13-14-31-24)16-19-9-11-25(30-4)23-8-6-5-7-22(19)23/h5-12,15,29H,13-14,16-18H2,1-4H3. The van der Waals surface area contributed by atoms with Crippen LogP contribution in [0.5, 0.6) is 11.5 Å². The molecule has 1 atom stereocenters. The second-order valence-electron chi connectivity index (χ2n) is 8.87. The van der Waals surface area contributed by atoms with Gasteiger partial charge in [-0.3, -0.25) is 4.90 Å². The number of hydrogen-bond acceptors (Lipinski definition) is 5. The van der Waals surface area contributed by atoms with E-state index < -0.39 is 5.60 Å². The van der Waals surface area contributed by atoms with Gasteiger partial charge in [-0.1, -0.05) is 36.4 Å². The zero-order valence-corrected chi connectivity index (χ0v) is 18.9. The summed E-state index contributed by atoms with van der Waals surface area (Å²) in [4.78, 5) is 4.41. The zero-order valence-electron chi connectivity index (χ0n) is 18.9. The first kappa shape index (κ1) is 21.6. The molecular weight excluding hydrogens is 388 g/mol. The summed E-state index contributed by atoms with van der Waals surface area (Å²) in [7, 11) is 5.66. The van der Waals surface area contributed by atoms with Crippen molar-refractivity contribution >= 4 is 10.8 Å². The van der Waals surface area contributed by atoms with Crippen LogP contribution in [0, 0.1) is 0 Å². The van der Waals surface area contributed by atoms with E-state index in [0.717, 1.165) is 47.6 Å². The fourth-order valence-corrected chi connectivity index (χ4v) is 4.52. The molecule has 1 N–H and O–H groups in total. The van der Waals surface area contributed by atoms with Gasteiger partial charge in [0.1, 0.15) is 18.1 Å². The lowest BCUT2D eigenvalue weighted by Gasteiger charge is -2.28. The van der Waals surface area contributed by atoms with Gasteiger partial charge in [0.25, 0.3) is 0 Å². The largest absolute Gasteiger partial charge is 0.496 e. The number of ether oxygens (including phenoxy) is 2. The predicted octanol–water partition coefficient (Wildman–Crippen LogP) is 4.01. The smallest absolute Gasteiger partial charge is 0.126 e. The van der Waals surface area contributed by atoms with Gasteiger partial charge in [0.15, 0.2) is 0 Å². The molecule has 164 valence electrons. The van der Waals surface area contributed by atoms with Crippen molar-refractivity contribution in [2.45, 2.75) is 25.6 Å². The molecule has 1 unspecified atom stereocenters. The van der Waals surface area contributed by atoms with Crippen molar-refractivity contribution in [3.05, 3.63) is 71.3 Å². The van der Waals surface area contributed by atoms with E-state index >= 15 is 0 Å². The summed E-state index contributed by atoms with van der Waals surface area (Å²) in [6, 6.07) is 18.7. The van der Waals surface area contributed by atoms with E-state index in [-0.39, 0.29) is 0 Å². The molecule has 4 rings (SSSR count). The fourth-order valence-electron chi connectivity index (χ4n) is 4.52. The quantitative estimate of drug-likeness (QED) is 0.653. The van der Waals surface area contributed by atoms with Crippen molar-refractivity contribution in [1.29, 1.82) is 0 Å². The van der Waals surface area contributed by atoms with Gasteiger partial charge < -0.3 is 19.5 Å². The SMILES string of the molecule is COc1ccc(CN2CCOc3ccc(C(C)(O)CN(C)C)cc3C2)c2ccccc12. The summed E-state index contributed by atoms with van der Waals surface area (Å²) in [5.74, 6) is 1.81. The van der Waals surface area contributed by atoms with Crippen LogP contribution in [0.3, 0.4) is 0 Å². The monoisotopic (exact) mass is 420 g/mol. The highest BCUT2D eigenvalue weighted by molar-refractivity contribution is 5.91. The minimum Gasteiger partial charge on any atom is -0.496 e. The lowest BCUT2D eigenvalue weighted by Crippen LogP contribution is -2.34. The normalized spacial score (nSPS) is 16.5. The molecule has 3 aromatic carbocycles. The van der Waals surface area contributed by atoms with Gasteiger partial charge in [-0.15, -0.1) is 0 Å². The van der Waals surface area contributed by atoms with Crippen molar-refractivity contribution in [1.82, 2.24) is 9.80 Å². The summed E-state index contributed by atoms with van der Waals surface area (Å²) in [6.45, 7) is 5.53. The molecule has 0 amide bonds. The Labute approximate surface area is 184 Å². The molecule has 0 fully saturated rings. The number of nitrogens with zero attached hydrogens (tertiary/aromatic N) is 2. The second-order valence-corrected chi connectivity index (χ2v) is 8.87. The van der Waals surface area contributed by atoms with E-state index in [0.29, 0.717) is 13.2 Å². The van der Waals surface area contributed by atoms with Crippen LogP contribution in [0.25, 0.3) is 10.8 Å². The molecule has 0 radical (unpaired) electrons. The summed E-state index contributed by atoms with van der Waals surface area (Å²) in [6.07, 6.45) is 0. The molecular formula is C26H32N2O3. The molecule has 5 nitrogen and oxygen atoms in total. The van der Waals surface area contributed by atoms with Gasteiger partial charge in [0, 0.05) is 37.1 Å². The molecule has 0 saturated heterocycles. The first-order valence-electron chi connectivity index (χ1n) is 10.8. The van der Waals surface area contributed by atoms with Crippen molar-refractivity contribution in [3.8, 4) is 11.5 Å². The molecule has 1 heterocycles. The highest BCUT2D eigenvalue weighted by atomic mass is 16.5. The average molecular weight is 421 g/mol. The molecule has 0 aliphatic carbocycles. The molecule has 1 aliphatic rings. The minimum atomic E-state index is -0.915. The van der Waals surface area contributed by atoms with Crippen LogP contribution in [-0.4, -0.2) is 55.8 Å². The maximum atomic E-state index is 11.0. The van der Waals surface area contributed by atoms with Crippen LogP contribution in [-0.2, 0) is 18.7 Å². The third-order valence-corrected chi connectivity index (χ3v) is 5.95. The zero-order chi connectivity index (χ0) is 22.0. The third kappa shape index (κ3) is 4.69. The number of benzene rings is 3. The Hall–Kier alpha value is -2.60. The van der Waals surface area contributed by atoms with Crippen LogP contribution in [0.1, 0.15) is 23.6 Å². The van der Waals surface area contributed by atoms with Crippen LogP contribution in [0.2, 0.25) is 0 Å². The number of likely N-dealkylation sites (N-methyl/N-ethyl adjacent to an activating group) is 1. The Bertz CT molecular complexity index is 1060. The first-order chi connectivity index (χ1) is 14.9. The fraction of sp³-hybridized carbons (Fsp3) is 0.385. The number of aliphatic hydroxyl groups is 1. The van der Waals surface area contributed by atoms with E-state index in [4.69, 9.17) is 9.47 Å². The number of rotatable bonds is 6. The second kappa shape index (κ2) is 8.87. The molecule has 0 saturated carbocycles. The summed E-state index contributed by atoms with van der Waals surface area (Å²) in [5.41, 5.74) is 2.39. The van der Waals surface area contributed by atoms with Crippen LogP contribution in [0.4, 0.5) is 0 Å². The molecule has 0 bridgehead atoms. The Morgan fingerprint density at radius 1 is 1.10 bits per heavy atom. The molecule has 0 aromatic heterocycles. The number of fused-ring (bicyclic) bond motifs is 2. The molecule has 0 spiro atoms. The highest BCUT2D eigenvalue weighted by Crippen LogP contribution is 2.32. The van der Waals surface area contributed by atoms with E-state index in [2.05, 4.69) is 41.3 Å². The lowest BCUT2D eigenvalue weighted by atomic mass is 9.93. The van der Waals surface area contributed by atoms with Gasteiger partial charge in [0.05, 0.1) is 12.7 Å². The Morgan fingerprint density at radius 2 is 1.87 bits per heavy atom. The van der Waals surface area contributed by atoms with Crippen molar-refractivity contribution in [2.24, 2.45) is 0 Å². The first-order valence-corrected chi connectivity index (χ1v) is 10.8. The van der Waals surface area contributed by atoms with E-state index in [1.165, 1.54) is 10.9 Å². The summed E-state index contributed by atoms with van der Waals surface area (Å²) >= 11 is 0. The molecule has 1 aliphatic heterocycles. The van der Waals surface area contributed by atoms with Gasteiger partial charge in [-0.2, -0.15) is 0 Å². The van der Waals surface area contributed by atoms with E-state index in [1.807, 2.05) is 44.1 Å². The summed E-state index contributed by atoms with van der Waals surface area (Å²) < 4.78 is 11.6. The van der Waals surface area contributed by atoms with Gasteiger partial charge in [-0.25, -0.2) is 0 Å². The van der Waals surface area contributed by atoms with Gasteiger partial charge >= 0.3 is 0 Å². The van der Waals surface area contributed by atoms with Crippen molar-refractivity contribution < 1.29 is 14.6 Å². The van der Waals surface area contributed by atoms with E-state index in [9.17, 15) is 5.11 Å². The Kier molecular flexibility index (Phi) is 6.19. The van der Waals surface area contributed by atoms with Crippen LogP contribution < -0.4 is 9.47 Å². The molecule has 3 aromatic rings. The highest BCUT2D eigenvalue weighted by Gasteiger charge is 2.26. The van der Waals surface area contributed by atoms with Crippen LogP contribution >= 0.6 is 0 Å². The number of methoxy groups -OCH3 is 1. The lowest BCUT2D eigenvalue weighted by molar-refractivity contribution is 0.0299. The molecule has 5 heteroatoms. The maximum absolute atomic E-state index is 11.0. The van der Waals surface area contributed by atoms with Crippen molar-refractivity contribution in [3.63, 3.8) is 0 Å². The predicted molar refractivity (Wildman–Crippen MR) is 125 cm³/mol. The Morgan fingerprint density at radius 3 is 2.61 bits per heavy atom. The third-order valence-electron chi connectivity index (χ3n) is 5.95. The average Bonchev–Trinajstić information content (AvgIpc) is 2.94. The minimum absolute atomic E-state index is 0.564. The topological polar surface area (TPSA) is 45.2 Å². The Balaban J connectivity index is 1.61. The van der Waals surface area contributed by atoms with Gasteiger partial charge in [0.2, 0.25) is 0 Å². The van der Waals surface area contributed by atoms with Crippen molar-refractivity contribution in [2.75, 3.05) is 40.9 Å². The number of hydrogen-bond donors (Lipinski definition) is 1.